The van der Waals surface area contributed by atoms with Crippen LogP contribution in [0.5, 0.6) is 0 Å². The number of aliphatic carboxylic acids is 1. The Morgan fingerprint density at radius 3 is 2.42 bits per heavy atom. The van der Waals surface area contributed by atoms with E-state index in [9.17, 15) is 14.3 Å². The Labute approximate surface area is 215 Å². The van der Waals surface area contributed by atoms with Gasteiger partial charge in [-0.15, -0.1) is 0 Å². The van der Waals surface area contributed by atoms with Gasteiger partial charge in [0.2, 0.25) is 0 Å². The Hall–Kier alpha value is -2.24. The van der Waals surface area contributed by atoms with Gasteiger partial charge in [0, 0.05) is 12.6 Å². The highest BCUT2D eigenvalue weighted by Gasteiger charge is 2.43. The van der Waals surface area contributed by atoms with Crippen molar-refractivity contribution in [3.63, 3.8) is 0 Å². The van der Waals surface area contributed by atoms with Crippen molar-refractivity contribution in [2.45, 2.75) is 75.8 Å². The van der Waals surface area contributed by atoms with Gasteiger partial charge in [-0.2, -0.15) is 0 Å². The Morgan fingerprint density at radius 2 is 1.69 bits per heavy atom. The number of hydrogen-bond donors (Lipinski definition) is 1. The van der Waals surface area contributed by atoms with Crippen LogP contribution in [0, 0.1) is 17.7 Å². The van der Waals surface area contributed by atoms with E-state index in [0.717, 1.165) is 51.1 Å². The van der Waals surface area contributed by atoms with Gasteiger partial charge in [0.05, 0.1) is 0 Å². The summed E-state index contributed by atoms with van der Waals surface area (Å²) in [6.45, 7) is 4.40. The molecule has 1 N–H and O–H groups in total. The molecule has 5 heteroatoms. The lowest BCUT2D eigenvalue weighted by molar-refractivity contribution is -0.142. The summed E-state index contributed by atoms with van der Waals surface area (Å²) in [6.07, 6.45) is 10.00. The summed E-state index contributed by atoms with van der Waals surface area (Å²) in [4.78, 5) is 16.8. The molecule has 5 rings (SSSR count). The van der Waals surface area contributed by atoms with Gasteiger partial charge in [0.25, 0.3) is 0 Å². The van der Waals surface area contributed by atoms with Crippen LogP contribution in [0.4, 0.5) is 4.39 Å². The number of rotatable bonds is 9. The topological polar surface area (TPSA) is 43.8 Å². The maximum absolute atomic E-state index is 13.1. The Balaban J connectivity index is 1.14. The predicted molar refractivity (Wildman–Crippen MR) is 142 cm³/mol. The summed E-state index contributed by atoms with van der Waals surface area (Å²) in [5.41, 5.74) is 2.66. The predicted octanol–water partition coefficient (Wildman–Crippen LogP) is 5.97. The van der Waals surface area contributed by atoms with Crippen molar-refractivity contribution in [1.82, 2.24) is 9.80 Å². The molecule has 2 saturated heterocycles. The summed E-state index contributed by atoms with van der Waals surface area (Å²) < 4.78 is 13.1. The lowest BCUT2D eigenvalue weighted by Gasteiger charge is -2.35. The molecule has 0 radical (unpaired) electrons. The zero-order valence-electron chi connectivity index (χ0n) is 21.4. The van der Waals surface area contributed by atoms with Crippen LogP contribution in [0.1, 0.15) is 68.4 Å². The highest BCUT2D eigenvalue weighted by Crippen LogP contribution is 2.44. The van der Waals surface area contributed by atoms with E-state index < -0.39 is 5.97 Å². The van der Waals surface area contributed by atoms with Crippen LogP contribution in [0.15, 0.2) is 54.6 Å². The van der Waals surface area contributed by atoms with Crippen molar-refractivity contribution in [3.05, 3.63) is 71.5 Å². The second kappa shape index (κ2) is 11.9. The van der Waals surface area contributed by atoms with Gasteiger partial charge >= 0.3 is 5.97 Å². The van der Waals surface area contributed by atoms with Crippen LogP contribution in [0.2, 0.25) is 0 Å². The summed E-state index contributed by atoms with van der Waals surface area (Å²) in [5, 5.41) is 9.75. The molecule has 2 heterocycles. The van der Waals surface area contributed by atoms with Gasteiger partial charge in [-0.1, -0.05) is 48.9 Å². The summed E-state index contributed by atoms with van der Waals surface area (Å²) in [6, 6.07) is 18.0. The van der Waals surface area contributed by atoms with E-state index in [4.69, 9.17) is 0 Å². The molecule has 0 aromatic heterocycles. The largest absolute Gasteiger partial charge is 0.480 e. The third-order valence-corrected chi connectivity index (χ3v) is 9.14. The standard InChI is InChI=1S/C31H41FN2O2/c32-27-13-11-23(12-14-27)6-4-7-24-15-18-33(19-16-24)22-26-20-28(34-17-5-10-30(34)31(35)36)21-29(26)25-8-2-1-3-9-25/h1-3,8-9,11-14,24,26,28-30H,4-7,10,15-22H2,(H,35,36)/t26-,28?,29-,30?/m1/s1. The number of benzene rings is 2. The number of aryl methyl sites for hydroxylation is 1. The first-order valence-corrected chi connectivity index (χ1v) is 14.1. The van der Waals surface area contributed by atoms with Gasteiger partial charge < -0.3 is 10.0 Å². The van der Waals surface area contributed by atoms with Crippen LogP contribution in [0.25, 0.3) is 0 Å². The molecule has 4 atom stereocenters. The number of likely N-dealkylation sites (tertiary alicyclic amines) is 2. The molecule has 4 nitrogen and oxygen atoms in total. The van der Waals surface area contributed by atoms with E-state index in [1.807, 2.05) is 12.1 Å². The number of carboxylic acids is 1. The SMILES string of the molecule is O=C(O)C1CCCN1C1C[C@H](CN2CCC(CCCc3ccc(F)cc3)CC2)[C@@H](c2ccccc2)C1. The molecule has 1 saturated carbocycles. The van der Waals surface area contributed by atoms with Gasteiger partial charge in [0.1, 0.15) is 11.9 Å². The van der Waals surface area contributed by atoms with Crippen LogP contribution in [-0.4, -0.2) is 59.1 Å². The molecular formula is C31H41FN2O2. The first kappa shape index (κ1) is 25.4. The van der Waals surface area contributed by atoms with Crippen LogP contribution in [-0.2, 0) is 11.2 Å². The molecule has 0 spiro atoms. The van der Waals surface area contributed by atoms with Crippen LogP contribution in [0.3, 0.4) is 0 Å². The number of hydrogen-bond acceptors (Lipinski definition) is 3. The van der Waals surface area contributed by atoms with Crippen LogP contribution >= 0.6 is 0 Å². The van der Waals surface area contributed by atoms with Gasteiger partial charge in [-0.05, 0) is 112 Å². The van der Waals surface area contributed by atoms with Gasteiger partial charge in [-0.25, -0.2) is 4.39 Å². The molecule has 0 amide bonds. The third-order valence-electron chi connectivity index (χ3n) is 9.14. The summed E-state index contributed by atoms with van der Waals surface area (Å²) in [7, 11) is 0. The lowest BCUT2D eigenvalue weighted by atomic mass is 9.87. The van der Waals surface area contributed by atoms with E-state index in [1.165, 1.54) is 49.9 Å². The molecule has 36 heavy (non-hydrogen) atoms. The Morgan fingerprint density at radius 1 is 0.944 bits per heavy atom. The summed E-state index contributed by atoms with van der Waals surface area (Å²) >= 11 is 0. The first-order valence-electron chi connectivity index (χ1n) is 14.1. The zero-order chi connectivity index (χ0) is 24.9. The number of carboxylic acid groups (broad SMARTS) is 1. The number of nitrogens with zero attached hydrogens (tertiary/aromatic N) is 2. The second-order valence-electron chi connectivity index (χ2n) is 11.4. The normalized spacial score (nSPS) is 28.0. The molecule has 1 aliphatic carbocycles. The molecule has 2 unspecified atom stereocenters. The van der Waals surface area contributed by atoms with E-state index in [0.29, 0.717) is 17.9 Å². The average Bonchev–Trinajstić information content (AvgIpc) is 3.54. The minimum absolute atomic E-state index is 0.156. The van der Waals surface area contributed by atoms with E-state index >= 15 is 0 Å². The fraction of sp³-hybridized carbons (Fsp3) is 0.581. The number of piperidine rings is 1. The van der Waals surface area contributed by atoms with Crippen molar-refractivity contribution in [3.8, 4) is 0 Å². The number of halogens is 1. The number of carbonyl (C=O) groups is 1. The minimum Gasteiger partial charge on any atom is -0.480 e. The monoisotopic (exact) mass is 492 g/mol. The minimum atomic E-state index is -0.645. The summed E-state index contributed by atoms with van der Waals surface area (Å²) in [5.74, 6) is 1.09. The van der Waals surface area contributed by atoms with Crippen molar-refractivity contribution < 1.29 is 14.3 Å². The molecular weight excluding hydrogens is 451 g/mol. The average molecular weight is 493 g/mol. The molecule has 2 aromatic carbocycles. The van der Waals surface area contributed by atoms with Crippen molar-refractivity contribution >= 4 is 5.97 Å². The zero-order valence-corrected chi connectivity index (χ0v) is 21.4. The maximum atomic E-state index is 13.1. The van der Waals surface area contributed by atoms with E-state index in [-0.39, 0.29) is 11.9 Å². The van der Waals surface area contributed by atoms with Crippen molar-refractivity contribution in [2.75, 3.05) is 26.2 Å². The highest BCUT2D eigenvalue weighted by molar-refractivity contribution is 5.73. The fourth-order valence-corrected chi connectivity index (χ4v) is 7.20. The molecule has 3 aliphatic rings. The fourth-order valence-electron chi connectivity index (χ4n) is 7.20. The van der Waals surface area contributed by atoms with Crippen LogP contribution < -0.4 is 0 Å². The Kier molecular flexibility index (Phi) is 8.38. The molecule has 2 aromatic rings. The highest BCUT2D eigenvalue weighted by atomic mass is 19.1. The molecule has 2 aliphatic heterocycles. The first-order chi connectivity index (χ1) is 17.6. The van der Waals surface area contributed by atoms with Gasteiger partial charge in [-0.3, -0.25) is 9.69 Å². The second-order valence-corrected chi connectivity index (χ2v) is 11.4. The van der Waals surface area contributed by atoms with Crippen molar-refractivity contribution in [2.24, 2.45) is 11.8 Å². The lowest BCUT2D eigenvalue weighted by Crippen LogP contribution is -2.42. The van der Waals surface area contributed by atoms with E-state index in [2.05, 4.69) is 40.1 Å². The van der Waals surface area contributed by atoms with E-state index in [1.54, 1.807) is 12.1 Å². The van der Waals surface area contributed by atoms with Gasteiger partial charge in [0.15, 0.2) is 0 Å². The smallest absolute Gasteiger partial charge is 0.320 e. The molecule has 194 valence electrons. The molecule has 3 fully saturated rings. The Bertz CT molecular complexity index is 974. The van der Waals surface area contributed by atoms with Crippen molar-refractivity contribution in [1.29, 1.82) is 0 Å². The third kappa shape index (κ3) is 6.18. The quantitative estimate of drug-likeness (QED) is 0.468. The molecule has 0 bridgehead atoms. The maximum Gasteiger partial charge on any atom is 0.320 e.